The average Bonchev–Trinajstić information content (AvgIpc) is 3.29. The minimum atomic E-state index is -0.758. The molecule has 1 aromatic rings. The van der Waals surface area contributed by atoms with Crippen molar-refractivity contribution >= 4 is 23.5 Å². The van der Waals surface area contributed by atoms with Gasteiger partial charge in [0.25, 0.3) is 0 Å². The van der Waals surface area contributed by atoms with Gasteiger partial charge in [-0.15, -0.1) is 0 Å². The fourth-order valence-electron chi connectivity index (χ4n) is 5.34. The van der Waals surface area contributed by atoms with Crippen molar-refractivity contribution in [2.24, 2.45) is 11.8 Å². The van der Waals surface area contributed by atoms with E-state index in [9.17, 15) is 24.3 Å². The van der Waals surface area contributed by atoms with Crippen LogP contribution in [0.25, 0.3) is 0 Å². The minimum absolute atomic E-state index is 0.0639. The van der Waals surface area contributed by atoms with E-state index in [4.69, 9.17) is 4.74 Å². The Balaban J connectivity index is 1.21. The number of ketones is 2. The molecule has 2 unspecified atom stereocenters. The van der Waals surface area contributed by atoms with Gasteiger partial charge in [-0.05, 0) is 19.3 Å². The number of unbranched alkanes of at least 4 members (excludes halogenated alkanes) is 3. The van der Waals surface area contributed by atoms with E-state index in [0.717, 1.165) is 25.7 Å². The molecule has 3 aliphatic rings. The molecule has 0 saturated carbocycles. The van der Waals surface area contributed by atoms with Crippen LogP contribution >= 0.6 is 0 Å². The van der Waals surface area contributed by atoms with Gasteiger partial charge in [-0.3, -0.25) is 25.0 Å². The Morgan fingerprint density at radius 1 is 1.03 bits per heavy atom. The molecule has 0 radical (unpaired) electrons. The van der Waals surface area contributed by atoms with Crippen LogP contribution in [-0.2, 0) is 9.53 Å². The third-order valence-electron chi connectivity index (χ3n) is 7.42. The SMILES string of the molecule is CC[C@H]1N[C@@H](N2CC(C)C(=O)NC2=O)[C@@H](OCCCCCCC2C(=O)c3ccccc3C2=O)C1O. The van der Waals surface area contributed by atoms with E-state index < -0.39 is 30.3 Å². The number of Topliss-reactive ketones (excluding diaryl/α,β-unsaturated/α-hetero) is 2. The first kappa shape index (κ1) is 25.5. The average molecular weight is 486 g/mol. The van der Waals surface area contributed by atoms with E-state index in [0.29, 0.717) is 30.6 Å². The van der Waals surface area contributed by atoms with Gasteiger partial charge in [-0.1, -0.05) is 57.4 Å². The summed E-state index contributed by atoms with van der Waals surface area (Å²) in [6.45, 7) is 4.42. The predicted octanol–water partition coefficient (Wildman–Crippen LogP) is 2.27. The zero-order chi connectivity index (χ0) is 25.1. The standard InChI is InChI=1S/C26H35N3O6/c1-3-19-22(32)23(24(27-19)29-14-15(2)25(33)28-26(29)34)35-13-9-5-4-6-12-18-20(30)16-10-7-8-11-17(16)21(18)31/h7-8,10-11,15,18-19,22-24,27,32H,3-6,9,12-14H2,1-2H3,(H,28,33,34)/t15?,19-,22?,23+,24+/m1/s1. The van der Waals surface area contributed by atoms with E-state index >= 15 is 0 Å². The number of fused-ring (bicyclic) bond motifs is 1. The predicted molar refractivity (Wildman–Crippen MR) is 128 cm³/mol. The van der Waals surface area contributed by atoms with Crippen molar-refractivity contribution in [3.05, 3.63) is 35.4 Å². The number of carbonyl (C=O) groups excluding carboxylic acids is 4. The zero-order valence-corrected chi connectivity index (χ0v) is 20.4. The number of carbonyl (C=O) groups is 4. The molecule has 2 saturated heterocycles. The molecule has 3 N–H and O–H groups in total. The number of aliphatic hydroxyl groups excluding tert-OH is 1. The highest BCUT2D eigenvalue weighted by Crippen LogP contribution is 2.30. The quantitative estimate of drug-likeness (QED) is 0.343. The van der Waals surface area contributed by atoms with Crippen molar-refractivity contribution in [1.29, 1.82) is 0 Å². The summed E-state index contributed by atoms with van der Waals surface area (Å²) < 4.78 is 6.05. The lowest BCUT2D eigenvalue weighted by Gasteiger charge is -2.37. The number of amides is 3. The van der Waals surface area contributed by atoms with E-state index in [1.165, 1.54) is 0 Å². The number of ether oxygens (including phenoxy) is 1. The molecule has 1 aliphatic carbocycles. The number of aliphatic hydroxyl groups is 1. The number of urea groups is 1. The van der Waals surface area contributed by atoms with Gasteiger partial charge in [-0.2, -0.15) is 0 Å². The summed E-state index contributed by atoms with van der Waals surface area (Å²) in [7, 11) is 0. The summed E-state index contributed by atoms with van der Waals surface area (Å²) in [5.74, 6) is -1.31. The van der Waals surface area contributed by atoms with Crippen molar-refractivity contribution < 1.29 is 29.0 Å². The van der Waals surface area contributed by atoms with Gasteiger partial charge in [0.05, 0.1) is 17.9 Å². The van der Waals surface area contributed by atoms with E-state index in [2.05, 4.69) is 10.6 Å². The van der Waals surface area contributed by atoms with Gasteiger partial charge in [-0.25, -0.2) is 4.79 Å². The lowest BCUT2D eigenvalue weighted by atomic mass is 9.96. The molecular formula is C26H35N3O6. The van der Waals surface area contributed by atoms with Crippen molar-refractivity contribution in [2.75, 3.05) is 13.2 Å². The monoisotopic (exact) mass is 485 g/mol. The van der Waals surface area contributed by atoms with E-state index in [1.54, 1.807) is 36.1 Å². The number of rotatable bonds is 10. The van der Waals surface area contributed by atoms with Gasteiger partial charge >= 0.3 is 6.03 Å². The number of benzene rings is 1. The van der Waals surface area contributed by atoms with E-state index in [1.807, 2.05) is 6.92 Å². The Labute approximate surface area is 205 Å². The van der Waals surface area contributed by atoms with Crippen LogP contribution < -0.4 is 10.6 Å². The zero-order valence-electron chi connectivity index (χ0n) is 20.4. The summed E-state index contributed by atoms with van der Waals surface area (Å²) in [6, 6.07) is 6.35. The first-order chi connectivity index (χ1) is 16.8. The molecular weight excluding hydrogens is 450 g/mol. The minimum Gasteiger partial charge on any atom is -0.389 e. The fourth-order valence-corrected chi connectivity index (χ4v) is 5.34. The van der Waals surface area contributed by atoms with Gasteiger partial charge in [0.15, 0.2) is 11.6 Å². The molecule has 2 heterocycles. The molecule has 0 spiro atoms. The van der Waals surface area contributed by atoms with Gasteiger partial charge in [0.1, 0.15) is 12.3 Å². The second-order valence-corrected chi connectivity index (χ2v) is 9.83. The molecule has 1 aromatic carbocycles. The number of imide groups is 1. The van der Waals surface area contributed by atoms with Gasteiger partial charge in [0, 0.05) is 30.3 Å². The number of hydrogen-bond acceptors (Lipinski definition) is 7. The molecule has 35 heavy (non-hydrogen) atoms. The van der Waals surface area contributed by atoms with Crippen LogP contribution in [0.2, 0.25) is 0 Å². The molecule has 2 aliphatic heterocycles. The van der Waals surface area contributed by atoms with Crippen molar-refractivity contribution in [3.63, 3.8) is 0 Å². The summed E-state index contributed by atoms with van der Waals surface area (Å²) in [5, 5.41) is 16.4. The Morgan fingerprint density at radius 3 is 2.34 bits per heavy atom. The third-order valence-corrected chi connectivity index (χ3v) is 7.42. The molecule has 0 aromatic heterocycles. The number of hydrogen-bond donors (Lipinski definition) is 3. The Kier molecular flexibility index (Phi) is 7.98. The number of nitrogens with one attached hydrogen (secondary N) is 2. The van der Waals surface area contributed by atoms with Crippen LogP contribution in [-0.4, -0.2) is 71.1 Å². The normalized spacial score (nSPS) is 29.1. The van der Waals surface area contributed by atoms with Crippen LogP contribution in [0, 0.1) is 11.8 Å². The summed E-state index contributed by atoms with van der Waals surface area (Å²) in [5.41, 5.74) is 1.08. The van der Waals surface area contributed by atoms with Crippen molar-refractivity contribution in [1.82, 2.24) is 15.5 Å². The molecule has 5 atom stereocenters. The maximum atomic E-state index is 12.5. The van der Waals surface area contributed by atoms with Crippen LogP contribution in [0.1, 0.15) is 73.1 Å². The largest absolute Gasteiger partial charge is 0.389 e. The molecule has 9 nitrogen and oxygen atoms in total. The lowest BCUT2D eigenvalue weighted by Crippen LogP contribution is -2.62. The van der Waals surface area contributed by atoms with Crippen LogP contribution in [0.4, 0.5) is 4.79 Å². The molecule has 2 fully saturated rings. The van der Waals surface area contributed by atoms with Crippen molar-refractivity contribution in [3.8, 4) is 0 Å². The van der Waals surface area contributed by atoms with Crippen LogP contribution in [0.3, 0.4) is 0 Å². The maximum absolute atomic E-state index is 12.5. The summed E-state index contributed by atoms with van der Waals surface area (Å²) >= 11 is 0. The second kappa shape index (κ2) is 11.0. The molecule has 9 heteroatoms. The van der Waals surface area contributed by atoms with Gasteiger partial charge < -0.3 is 14.7 Å². The number of nitrogens with zero attached hydrogens (tertiary/aromatic N) is 1. The second-order valence-electron chi connectivity index (χ2n) is 9.83. The molecule has 3 amide bonds. The smallest absolute Gasteiger partial charge is 0.325 e. The van der Waals surface area contributed by atoms with Crippen LogP contribution in [0.5, 0.6) is 0 Å². The third kappa shape index (κ3) is 5.17. The van der Waals surface area contributed by atoms with Gasteiger partial charge in [0.2, 0.25) is 5.91 Å². The highest BCUT2D eigenvalue weighted by Gasteiger charge is 2.48. The summed E-state index contributed by atoms with van der Waals surface area (Å²) in [6.07, 6.45) is 2.68. The first-order valence-corrected chi connectivity index (χ1v) is 12.7. The van der Waals surface area contributed by atoms with Crippen molar-refractivity contribution in [2.45, 2.75) is 76.8 Å². The Hall–Kier alpha value is -2.62. The topological polar surface area (TPSA) is 125 Å². The highest BCUT2D eigenvalue weighted by molar-refractivity contribution is 6.26. The molecule has 4 rings (SSSR count). The summed E-state index contributed by atoms with van der Waals surface area (Å²) in [4.78, 5) is 50.8. The Bertz CT molecular complexity index is 947. The highest BCUT2D eigenvalue weighted by atomic mass is 16.5. The Morgan fingerprint density at radius 2 is 1.69 bits per heavy atom. The van der Waals surface area contributed by atoms with Crippen LogP contribution in [0.15, 0.2) is 24.3 Å². The fraction of sp³-hybridized carbons (Fsp3) is 0.615. The maximum Gasteiger partial charge on any atom is 0.325 e. The van der Waals surface area contributed by atoms with E-state index in [-0.39, 0.29) is 36.0 Å². The first-order valence-electron chi connectivity index (χ1n) is 12.7. The molecule has 190 valence electrons. The molecule has 0 bridgehead atoms. The lowest BCUT2D eigenvalue weighted by molar-refractivity contribution is -0.126.